The Balaban J connectivity index is 1.57. The molecule has 2 aromatic heterocycles. The maximum atomic E-state index is 14.7. The zero-order valence-corrected chi connectivity index (χ0v) is 18.0. The van der Waals surface area contributed by atoms with Crippen LogP contribution < -0.4 is 0 Å². The lowest BCUT2D eigenvalue weighted by Crippen LogP contribution is -2.35. The van der Waals surface area contributed by atoms with Gasteiger partial charge < -0.3 is 0 Å². The van der Waals surface area contributed by atoms with Crippen molar-refractivity contribution >= 4 is 18.1 Å². The number of halogens is 1. The van der Waals surface area contributed by atoms with E-state index in [0.717, 1.165) is 48.5 Å². The van der Waals surface area contributed by atoms with E-state index in [1.165, 1.54) is 6.07 Å². The molecule has 7 heteroatoms. The van der Waals surface area contributed by atoms with Gasteiger partial charge in [-0.25, -0.2) is 13.9 Å². The molecule has 0 aliphatic carbocycles. The van der Waals surface area contributed by atoms with Crippen LogP contribution >= 0.6 is 0 Å². The summed E-state index contributed by atoms with van der Waals surface area (Å²) < 4.78 is 16.5. The van der Waals surface area contributed by atoms with Gasteiger partial charge in [0, 0.05) is 36.5 Å². The Morgan fingerprint density at radius 3 is 3.03 bits per heavy atom. The normalized spacial score (nSPS) is 18.2. The van der Waals surface area contributed by atoms with Crippen LogP contribution in [0.3, 0.4) is 0 Å². The fourth-order valence-electron chi connectivity index (χ4n) is 4.30. The number of hydrogen-bond donors (Lipinski definition) is 0. The van der Waals surface area contributed by atoms with Crippen molar-refractivity contribution in [2.75, 3.05) is 13.1 Å². The average molecular weight is 419 g/mol. The van der Waals surface area contributed by atoms with E-state index in [4.69, 9.17) is 0 Å². The lowest BCUT2D eigenvalue weighted by atomic mass is 9.93. The van der Waals surface area contributed by atoms with Gasteiger partial charge in [-0.2, -0.15) is 10.1 Å². The fourth-order valence-corrected chi connectivity index (χ4v) is 4.30. The van der Waals surface area contributed by atoms with Crippen molar-refractivity contribution in [3.8, 4) is 0 Å². The number of nitrogens with zero attached hydrogens (tertiary/aromatic N) is 6. The summed E-state index contributed by atoms with van der Waals surface area (Å²) in [7, 11) is 0. The molecule has 1 saturated heterocycles. The van der Waals surface area contributed by atoms with E-state index < -0.39 is 0 Å². The Kier molecular flexibility index (Phi) is 6.32. The number of hydrogen-bond acceptors (Lipinski definition) is 5. The molecule has 31 heavy (non-hydrogen) atoms. The highest BCUT2D eigenvalue weighted by molar-refractivity contribution is 5.74. The zero-order chi connectivity index (χ0) is 21.8. The molecule has 0 bridgehead atoms. The van der Waals surface area contributed by atoms with Gasteiger partial charge in [0.05, 0.1) is 5.69 Å². The third kappa shape index (κ3) is 4.61. The first-order valence-corrected chi connectivity index (χ1v) is 10.6. The van der Waals surface area contributed by atoms with Crippen LogP contribution in [0.25, 0.3) is 11.4 Å². The fraction of sp³-hybridized carbons (Fsp3) is 0.333. The highest BCUT2D eigenvalue weighted by Gasteiger charge is 2.25. The first-order chi connectivity index (χ1) is 15.1. The molecule has 3 aromatic rings. The topological polar surface area (TPSA) is 58.7 Å². The Morgan fingerprint density at radius 2 is 2.23 bits per heavy atom. The number of fused-ring (bicyclic) bond motifs is 1. The summed E-state index contributed by atoms with van der Waals surface area (Å²) in [5.41, 5.74) is 4.59. The Labute approximate surface area is 181 Å². The predicted octanol–water partition coefficient (Wildman–Crippen LogP) is 4.57. The number of aromatic nitrogens is 4. The van der Waals surface area contributed by atoms with Gasteiger partial charge in [-0.15, -0.1) is 0 Å². The monoisotopic (exact) mass is 418 g/mol. The maximum absolute atomic E-state index is 14.7. The van der Waals surface area contributed by atoms with Gasteiger partial charge in [0.25, 0.3) is 5.78 Å². The van der Waals surface area contributed by atoms with E-state index in [1.807, 2.05) is 36.6 Å². The summed E-state index contributed by atoms with van der Waals surface area (Å²) in [5, 5.41) is 4.36. The summed E-state index contributed by atoms with van der Waals surface area (Å²) in [6.45, 7) is 9.81. The number of rotatable bonds is 6. The molecule has 6 nitrogen and oxygen atoms in total. The molecule has 0 spiro atoms. The number of aryl methyl sites for hydroxylation is 1. The number of aliphatic imine (C=N–C) groups is 1. The summed E-state index contributed by atoms with van der Waals surface area (Å²) in [6.07, 6.45) is 9.25. The molecule has 1 aliphatic heterocycles. The van der Waals surface area contributed by atoms with Gasteiger partial charge in [-0.3, -0.25) is 9.89 Å². The molecule has 1 atom stereocenters. The SMILES string of the molecule is C=N/C=C(\C=C/C)c1ccc(F)c(CN2CCCC(c3cc(C)nc4ncnn34)C2)c1. The molecule has 0 N–H and O–H groups in total. The van der Waals surface area contributed by atoms with Crippen LogP contribution in [-0.4, -0.2) is 44.3 Å². The van der Waals surface area contributed by atoms with Crippen molar-refractivity contribution in [3.63, 3.8) is 0 Å². The van der Waals surface area contributed by atoms with Gasteiger partial charge >= 0.3 is 0 Å². The second-order valence-corrected chi connectivity index (χ2v) is 7.94. The third-order valence-electron chi connectivity index (χ3n) is 5.68. The molecule has 3 heterocycles. The van der Waals surface area contributed by atoms with Gasteiger partial charge in [-0.1, -0.05) is 18.2 Å². The van der Waals surface area contributed by atoms with E-state index in [2.05, 4.69) is 37.7 Å². The molecule has 0 saturated carbocycles. The van der Waals surface area contributed by atoms with Gasteiger partial charge in [0.1, 0.15) is 12.1 Å². The minimum absolute atomic E-state index is 0.185. The first-order valence-electron chi connectivity index (χ1n) is 10.6. The Morgan fingerprint density at radius 1 is 1.35 bits per heavy atom. The molecular formula is C24H27FN6. The van der Waals surface area contributed by atoms with Crippen molar-refractivity contribution in [1.29, 1.82) is 0 Å². The summed E-state index contributed by atoms with van der Waals surface area (Å²) in [6, 6.07) is 7.34. The quantitative estimate of drug-likeness (QED) is 0.435. The highest BCUT2D eigenvalue weighted by Crippen LogP contribution is 2.29. The minimum Gasteiger partial charge on any atom is -0.298 e. The number of likely N-dealkylation sites (tertiary alicyclic amines) is 1. The van der Waals surface area contributed by atoms with Crippen LogP contribution in [0.2, 0.25) is 0 Å². The highest BCUT2D eigenvalue weighted by atomic mass is 19.1. The zero-order valence-electron chi connectivity index (χ0n) is 18.0. The van der Waals surface area contributed by atoms with Gasteiger partial charge in [0.15, 0.2) is 0 Å². The maximum Gasteiger partial charge on any atom is 0.252 e. The van der Waals surface area contributed by atoms with E-state index >= 15 is 0 Å². The number of benzene rings is 1. The van der Waals surface area contributed by atoms with Crippen LogP contribution in [0.4, 0.5) is 4.39 Å². The minimum atomic E-state index is -0.185. The Bertz CT molecular complexity index is 1150. The molecule has 1 aromatic carbocycles. The molecule has 0 amide bonds. The van der Waals surface area contributed by atoms with Crippen molar-refractivity contribution < 1.29 is 4.39 Å². The van der Waals surface area contributed by atoms with Crippen LogP contribution in [0, 0.1) is 12.7 Å². The van der Waals surface area contributed by atoms with Gasteiger partial charge in [-0.05, 0) is 69.3 Å². The second-order valence-electron chi connectivity index (χ2n) is 7.94. The van der Waals surface area contributed by atoms with E-state index in [0.29, 0.717) is 23.8 Å². The van der Waals surface area contributed by atoms with Crippen molar-refractivity contribution in [1.82, 2.24) is 24.5 Å². The van der Waals surface area contributed by atoms with Crippen molar-refractivity contribution in [2.24, 2.45) is 4.99 Å². The van der Waals surface area contributed by atoms with Crippen LogP contribution in [0.1, 0.15) is 48.2 Å². The number of allylic oxidation sites excluding steroid dienone is 3. The molecule has 1 unspecified atom stereocenters. The van der Waals surface area contributed by atoms with Gasteiger partial charge in [0.2, 0.25) is 0 Å². The number of piperidine rings is 1. The molecule has 160 valence electrons. The van der Waals surface area contributed by atoms with E-state index in [-0.39, 0.29) is 5.82 Å². The largest absolute Gasteiger partial charge is 0.298 e. The van der Waals surface area contributed by atoms with E-state index in [9.17, 15) is 4.39 Å². The second kappa shape index (κ2) is 9.31. The molecule has 4 rings (SSSR count). The summed E-state index contributed by atoms with van der Waals surface area (Å²) in [4.78, 5) is 14.9. The van der Waals surface area contributed by atoms with E-state index in [1.54, 1.807) is 18.6 Å². The average Bonchev–Trinajstić information content (AvgIpc) is 3.23. The molecule has 1 aliphatic rings. The third-order valence-corrected chi connectivity index (χ3v) is 5.68. The Hall–Kier alpha value is -3.19. The lowest BCUT2D eigenvalue weighted by Gasteiger charge is -2.33. The van der Waals surface area contributed by atoms with Crippen LogP contribution in [-0.2, 0) is 6.54 Å². The summed E-state index contributed by atoms with van der Waals surface area (Å²) >= 11 is 0. The molecular weight excluding hydrogens is 391 g/mol. The van der Waals surface area contributed by atoms with Crippen LogP contribution in [0.15, 0.2) is 53.9 Å². The van der Waals surface area contributed by atoms with Crippen molar-refractivity contribution in [2.45, 2.75) is 39.2 Å². The molecule has 0 radical (unpaired) electrons. The predicted molar refractivity (Wildman–Crippen MR) is 122 cm³/mol. The standard InChI is InChI=1S/C24H27FN6/c1-4-6-19(13-26-3)18-8-9-22(25)21(12-18)15-30-10-5-7-20(14-30)23-11-17(2)29-24-27-16-28-31(23)24/h4,6,8-9,11-13,16,20H,3,5,7,10,14-15H2,1-2H3/b6-4-,19-13+. The van der Waals surface area contributed by atoms with Crippen molar-refractivity contribution in [3.05, 3.63) is 77.3 Å². The van der Waals surface area contributed by atoms with Crippen LogP contribution in [0.5, 0.6) is 0 Å². The molecule has 1 fully saturated rings. The lowest BCUT2D eigenvalue weighted by molar-refractivity contribution is 0.195. The first kappa shape index (κ1) is 21.1. The summed E-state index contributed by atoms with van der Waals surface area (Å²) in [5.74, 6) is 0.745. The smallest absolute Gasteiger partial charge is 0.252 e.